The summed E-state index contributed by atoms with van der Waals surface area (Å²) >= 11 is 8.44. The van der Waals surface area contributed by atoms with Crippen LogP contribution in [0.5, 0.6) is 0 Å². The number of thiocarbonyl (C=S) groups is 1. The van der Waals surface area contributed by atoms with E-state index in [0.717, 1.165) is 6.42 Å². The quantitative estimate of drug-likeness (QED) is 0.100. The SMILES string of the molecule is CCCCCCCCCCCCCCCCCOOC(=S)S. The van der Waals surface area contributed by atoms with Gasteiger partial charge in [0, 0.05) is 0 Å². The number of thiol groups is 1. The van der Waals surface area contributed by atoms with Gasteiger partial charge in [-0.15, -0.1) is 0 Å². The predicted octanol–water partition coefficient (Wildman–Crippen LogP) is 7.02. The molecule has 0 bridgehead atoms. The Morgan fingerprint density at radius 3 is 1.41 bits per heavy atom. The van der Waals surface area contributed by atoms with Crippen molar-refractivity contribution in [2.45, 2.75) is 103 Å². The number of rotatable bonds is 17. The molecule has 0 heterocycles. The molecule has 0 saturated carbocycles. The molecule has 0 aliphatic carbocycles. The first-order valence-electron chi connectivity index (χ1n) is 9.29. The molecule has 0 aromatic carbocycles. The summed E-state index contributed by atoms with van der Waals surface area (Å²) in [5, 5.41) is 0. The molecule has 0 unspecified atom stereocenters. The lowest BCUT2D eigenvalue weighted by molar-refractivity contribution is -0.216. The highest BCUT2D eigenvalue weighted by atomic mass is 32.1. The summed E-state index contributed by atoms with van der Waals surface area (Å²) in [5.74, 6) is 0. The molecule has 132 valence electrons. The fourth-order valence-electron chi connectivity index (χ4n) is 2.62. The molecule has 2 nitrogen and oxygen atoms in total. The molecule has 0 spiro atoms. The molecular weight excluding hydrogens is 312 g/mol. The van der Waals surface area contributed by atoms with Gasteiger partial charge in [-0.1, -0.05) is 109 Å². The number of hydrogen-bond acceptors (Lipinski definition) is 3. The third-order valence-corrected chi connectivity index (χ3v) is 4.10. The molecule has 0 radical (unpaired) electrons. The Morgan fingerprint density at radius 1 is 0.682 bits per heavy atom. The van der Waals surface area contributed by atoms with Gasteiger partial charge in [0.2, 0.25) is 0 Å². The molecule has 0 amide bonds. The minimum atomic E-state index is 0.154. The van der Waals surface area contributed by atoms with Gasteiger partial charge >= 0.3 is 0 Å². The average molecular weight is 349 g/mol. The predicted molar refractivity (Wildman–Crippen MR) is 104 cm³/mol. The van der Waals surface area contributed by atoms with Gasteiger partial charge in [-0.2, -0.15) is 4.89 Å². The van der Waals surface area contributed by atoms with Crippen molar-refractivity contribution in [3.63, 3.8) is 0 Å². The summed E-state index contributed by atoms with van der Waals surface area (Å²) in [6.07, 6.45) is 20.5. The summed E-state index contributed by atoms with van der Waals surface area (Å²) < 4.78 is 0.154. The summed E-state index contributed by atoms with van der Waals surface area (Å²) in [5.41, 5.74) is 0. The minimum absolute atomic E-state index is 0.154. The van der Waals surface area contributed by atoms with Crippen LogP contribution in [0, 0.1) is 0 Å². The van der Waals surface area contributed by atoms with Crippen molar-refractivity contribution in [1.29, 1.82) is 0 Å². The highest BCUT2D eigenvalue weighted by Gasteiger charge is 1.95. The molecule has 22 heavy (non-hydrogen) atoms. The highest BCUT2D eigenvalue weighted by molar-refractivity contribution is 8.10. The molecule has 0 saturated heterocycles. The van der Waals surface area contributed by atoms with Gasteiger partial charge in [0.15, 0.2) is 0 Å². The summed E-state index contributed by atoms with van der Waals surface area (Å²) in [6, 6.07) is 0. The van der Waals surface area contributed by atoms with Crippen LogP contribution in [-0.4, -0.2) is 11.0 Å². The van der Waals surface area contributed by atoms with E-state index < -0.39 is 0 Å². The molecule has 0 rings (SSSR count). The van der Waals surface area contributed by atoms with Crippen molar-refractivity contribution in [3.05, 3.63) is 0 Å². The first-order chi connectivity index (χ1) is 10.8. The van der Waals surface area contributed by atoms with E-state index in [-0.39, 0.29) is 4.38 Å². The minimum Gasteiger partial charge on any atom is -0.319 e. The van der Waals surface area contributed by atoms with Gasteiger partial charge in [0.1, 0.15) is 0 Å². The molecule has 0 atom stereocenters. The van der Waals surface area contributed by atoms with Crippen LogP contribution in [0.25, 0.3) is 0 Å². The first kappa shape index (κ1) is 22.2. The van der Waals surface area contributed by atoms with Crippen molar-refractivity contribution >= 4 is 29.2 Å². The van der Waals surface area contributed by atoms with Crippen LogP contribution in [0.1, 0.15) is 103 Å². The van der Waals surface area contributed by atoms with Gasteiger partial charge < -0.3 is 4.89 Å². The maximum atomic E-state index is 4.89. The van der Waals surface area contributed by atoms with Crippen molar-refractivity contribution in [2.75, 3.05) is 6.61 Å². The monoisotopic (exact) mass is 348 g/mol. The van der Waals surface area contributed by atoms with E-state index in [4.69, 9.17) is 4.89 Å². The lowest BCUT2D eigenvalue weighted by Crippen LogP contribution is -1.98. The largest absolute Gasteiger partial charge is 0.319 e. The third kappa shape index (κ3) is 20.2. The van der Waals surface area contributed by atoms with Crippen LogP contribution in [0.3, 0.4) is 0 Å². The van der Waals surface area contributed by atoms with Crippen molar-refractivity contribution in [1.82, 2.24) is 0 Å². The lowest BCUT2D eigenvalue weighted by atomic mass is 10.0. The van der Waals surface area contributed by atoms with Gasteiger partial charge in [0.25, 0.3) is 4.38 Å². The van der Waals surface area contributed by atoms with Crippen LogP contribution in [0.2, 0.25) is 0 Å². The van der Waals surface area contributed by atoms with E-state index in [9.17, 15) is 0 Å². The van der Waals surface area contributed by atoms with Crippen molar-refractivity contribution < 1.29 is 9.78 Å². The Hall–Kier alpha value is 0.200. The third-order valence-electron chi connectivity index (χ3n) is 3.96. The Balaban J connectivity index is 2.95. The van der Waals surface area contributed by atoms with Gasteiger partial charge in [0.05, 0.1) is 6.61 Å². The van der Waals surface area contributed by atoms with Crippen LogP contribution in [0.15, 0.2) is 0 Å². The fourth-order valence-corrected chi connectivity index (χ4v) is 2.73. The maximum Gasteiger partial charge on any atom is 0.260 e. The Labute approximate surface area is 149 Å². The molecule has 0 aromatic heterocycles. The van der Waals surface area contributed by atoms with E-state index in [0.29, 0.717) is 6.61 Å². The van der Waals surface area contributed by atoms with Gasteiger partial charge in [-0.25, -0.2) is 0 Å². The van der Waals surface area contributed by atoms with Crippen LogP contribution < -0.4 is 0 Å². The van der Waals surface area contributed by atoms with E-state index in [1.54, 1.807) is 0 Å². The molecule has 0 aliphatic rings. The van der Waals surface area contributed by atoms with Gasteiger partial charge in [-0.3, -0.25) is 0 Å². The topological polar surface area (TPSA) is 18.5 Å². The second kappa shape index (κ2) is 19.2. The zero-order chi connectivity index (χ0) is 16.3. The van der Waals surface area contributed by atoms with Crippen LogP contribution in [0.4, 0.5) is 0 Å². The van der Waals surface area contributed by atoms with Gasteiger partial charge in [-0.05, 0) is 18.6 Å². The van der Waals surface area contributed by atoms with Crippen molar-refractivity contribution in [3.8, 4) is 0 Å². The summed E-state index contributed by atoms with van der Waals surface area (Å²) in [7, 11) is 0. The first-order valence-corrected chi connectivity index (χ1v) is 10.1. The Bertz CT molecular complexity index is 235. The second-order valence-corrected chi connectivity index (χ2v) is 7.20. The van der Waals surface area contributed by atoms with E-state index >= 15 is 0 Å². The molecule has 4 heteroatoms. The Kier molecular flexibility index (Phi) is 19.4. The second-order valence-electron chi connectivity index (χ2n) is 6.12. The molecule has 0 aliphatic heterocycles. The fraction of sp³-hybridized carbons (Fsp3) is 0.944. The van der Waals surface area contributed by atoms with E-state index in [1.165, 1.54) is 89.9 Å². The maximum absolute atomic E-state index is 4.89. The lowest BCUT2D eigenvalue weighted by Gasteiger charge is -2.04. The Morgan fingerprint density at radius 2 is 1.05 bits per heavy atom. The van der Waals surface area contributed by atoms with Crippen molar-refractivity contribution in [2.24, 2.45) is 0 Å². The average Bonchev–Trinajstić information content (AvgIpc) is 2.50. The number of unbranched alkanes of at least 4 members (excludes halogenated alkanes) is 14. The van der Waals surface area contributed by atoms with Crippen LogP contribution >= 0.6 is 24.8 Å². The molecule has 0 fully saturated rings. The molecule has 0 aromatic rings. The summed E-state index contributed by atoms with van der Waals surface area (Å²) in [6.45, 7) is 2.89. The zero-order valence-corrected chi connectivity index (χ0v) is 16.2. The zero-order valence-electron chi connectivity index (χ0n) is 14.5. The number of hydrogen-bond donors (Lipinski definition) is 1. The summed E-state index contributed by atoms with van der Waals surface area (Å²) in [4.78, 5) is 9.55. The normalized spacial score (nSPS) is 10.8. The molecular formula is C18H36O2S2. The highest BCUT2D eigenvalue weighted by Crippen LogP contribution is 2.13. The molecule has 0 N–H and O–H groups in total. The smallest absolute Gasteiger partial charge is 0.260 e. The van der Waals surface area contributed by atoms with E-state index in [2.05, 4.69) is 36.7 Å². The van der Waals surface area contributed by atoms with Crippen LogP contribution in [-0.2, 0) is 9.78 Å². The standard InChI is InChI=1S/C18H36O2S2/c1-2-3-4-5-6-7-8-9-10-11-12-13-14-15-16-17-19-20-18(21)22/h2-17H2,1H3,(H,21,22). The van der Waals surface area contributed by atoms with E-state index in [1.807, 2.05) is 0 Å².